The number of allylic oxidation sites excluding steroid dienone is 7. The molecule has 0 rings (SSSR count). The number of nitrogens with one attached hydrogen (secondary N) is 1. The van der Waals surface area contributed by atoms with E-state index in [0.29, 0.717) is 17.4 Å². The standard InChI is InChI=1S/C51H97N2O6P/c1-6-8-10-12-14-16-18-19-20-21-22-23-24-25-26-27-28-29-30-31-32-33-35-37-39-41-43-45-51(55)52-49(48-59-60(56,57)58-47-46-53(3,4)5)50(54)44-42-40-38-36-34-17-15-13-11-9-7-2/h18-19,21-22,34,36,42,44,49-50,54H,6-17,20,23-33,35,37-41,43,45-48H2,1-5H3,(H-,52,55,56,57)/p+1/b19-18-,22-21-,36-34+,44-42+. The van der Waals surface area contributed by atoms with Crippen molar-refractivity contribution >= 4 is 13.7 Å². The fourth-order valence-corrected chi connectivity index (χ4v) is 7.76. The Balaban J connectivity index is 4.15. The van der Waals surface area contributed by atoms with Gasteiger partial charge >= 0.3 is 7.82 Å². The largest absolute Gasteiger partial charge is 0.472 e. The number of phosphoric acid groups is 1. The predicted molar refractivity (Wildman–Crippen MR) is 258 cm³/mol. The third-order valence-electron chi connectivity index (χ3n) is 11.0. The first-order chi connectivity index (χ1) is 29.0. The Morgan fingerprint density at radius 2 is 0.967 bits per heavy atom. The van der Waals surface area contributed by atoms with E-state index in [-0.39, 0.29) is 19.1 Å². The van der Waals surface area contributed by atoms with Crippen LogP contribution in [0.2, 0.25) is 0 Å². The van der Waals surface area contributed by atoms with E-state index in [1.165, 1.54) is 154 Å². The van der Waals surface area contributed by atoms with Gasteiger partial charge in [-0.2, -0.15) is 0 Å². The van der Waals surface area contributed by atoms with Gasteiger partial charge in [-0.1, -0.05) is 197 Å². The molecule has 0 aromatic rings. The number of carbonyl (C=O) groups excluding carboxylic acids is 1. The lowest BCUT2D eigenvalue weighted by atomic mass is 10.0. The number of carbonyl (C=O) groups is 1. The van der Waals surface area contributed by atoms with Gasteiger partial charge in [-0.15, -0.1) is 0 Å². The SMILES string of the molecule is CCCCCCC/C=C\C/C=C\CCCCCCCCCCCCCCCCCC(=O)NC(COP(=O)(O)OCC[N+](C)(C)C)C(O)/C=C/CC/C=C/CCCCCCC. The highest BCUT2D eigenvalue weighted by Gasteiger charge is 2.27. The van der Waals surface area contributed by atoms with Crippen molar-refractivity contribution in [1.29, 1.82) is 0 Å². The molecule has 0 saturated heterocycles. The van der Waals surface area contributed by atoms with Crippen LogP contribution >= 0.6 is 7.82 Å². The van der Waals surface area contributed by atoms with E-state index in [1.807, 2.05) is 27.2 Å². The molecular weight excluding hydrogens is 768 g/mol. The molecule has 0 aliphatic heterocycles. The number of amides is 1. The summed E-state index contributed by atoms with van der Waals surface area (Å²) in [6.45, 7) is 4.76. The molecule has 352 valence electrons. The number of rotatable bonds is 45. The van der Waals surface area contributed by atoms with Crippen LogP contribution < -0.4 is 5.32 Å². The van der Waals surface area contributed by atoms with Gasteiger partial charge in [0.05, 0.1) is 39.9 Å². The van der Waals surface area contributed by atoms with Crippen LogP contribution in [-0.4, -0.2) is 73.4 Å². The Labute approximate surface area is 371 Å². The second kappa shape index (κ2) is 42.7. The van der Waals surface area contributed by atoms with Crippen molar-refractivity contribution < 1.29 is 32.9 Å². The molecule has 0 aliphatic carbocycles. The van der Waals surface area contributed by atoms with Crippen molar-refractivity contribution in [3.05, 3.63) is 48.6 Å². The van der Waals surface area contributed by atoms with Gasteiger partial charge < -0.3 is 19.8 Å². The lowest BCUT2D eigenvalue weighted by molar-refractivity contribution is -0.870. The van der Waals surface area contributed by atoms with Crippen molar-refractivity contribution in [3.8, 4) is 0 Å². The van der Waals surface area contributed by atoms with Crippen molar-refractivity contribution in [1.82, 2.24) is 5.32 Å². The molecule has 0 spiro atoms. The highest BCUT2D eigenvalue weighted by atomic mass is 31.2. The quantitative estimate of drug-likeness (QED) is 0.0244. The summed E-state index contributed by atoms with van der Waals surface area (Å²) in [6.07, 6.45) is 54.9. The smallest absolute Gasteiger partial charge is 0.387 e. The summed E-state index contributed by atoms with van der Waals surface area (Å²) in [5, 5.41) is 13.8. The Morgan fingerprint density at radius 3 is 1.43 bits per heavy atom. The second-order valence-electron chi connectivity index (χ2n) is 18.2. The van der Waals surface area contributed by atoms with Gasteiger partial charge in [0.15, 0.2) is 0 Å². The number of nitrogens with zero attached hydrogens (tertiary/aromatic N) is 1. The summed E-state index contributed by atoms with van der Waals surface area (Å²) >= 11 is 0. The zero-order chi connectivity index (χ0) is 44.3. The molecule has 3 N–H and O–H groups in total. The average molecular weight is 866 g/mol. The van der Waals surface area contributed by atoms with Gasteiger partial charge in [0, 0.05) is 6.42 Å². The second-order valence-corrected chi connectivity index (χ2v) is 19.6. The summed E-state index contributed by atoms with van der Waals surface area (Å²) < 4.78 is 23.5. The topological polar surface area (TPSA) is 105 Å². The summed E-state index contributed by atoms with van der Waals surface area (Å²) in [7, 11) is 1.55. The normalized spacial score (nSPS) is 14.6. The van der Waals surface area contributed by atoms with Crippen LogP contribution in [0.5, 0.6) is 0 Å². The van der Waals surface area contributed by atoms with Gasteiger partial charge in [-0.3, -0.25) is 13.8 Å². The lowest BCUT2D eigenvalue weighted by Crippen LogP contribution is -2.45. The minimum absolute atomic E-state index is 0.0556. The minimum atomic E-state index is -4.34. The molecular formula is C51H98N2O6P+. The van der Waals surface area contributed by atoms with Crippen LogP contribution in [0.4, 0.5) is 0 Å². The Kier molecular flexibility index (Phi) is 41.6. The number of hydrogen-bond acceptors (Lipinski definition) is 5. The maximum absolute atomic E-state index is 12.9. The van der Waals surface area contributed by atoms with E-state index >= 15 is 0 Å². The fourth-order valence-electron chi connectivity index (χ4n) is 7.03. The number of quaternary nitrogens is 1. The molecule has 60 heavy (non-hydrogen) atoms. The number of hydrogen-bond donors (Lipinski definition) is 3. The molecule has 9 heteroatoms. The van der Waals surface area contributed by atoms with E-state index in [9.17, 15) is 19.4 Å². The monoisotopic (exact) mass is 866 g/mol. The summed E-state index contributed by atoms with van der Waals surface area (Å²) in [4.78, 5) is 23.1. The van der Waals surface area contributed by atoms with E-state index in [2.05, 4.69) is 55.6 Å². The van der Waals surface area contributed by atoms with Crippen molar-refractivity contribution in [3.63, 3.8) is 0 Å². The van der Waals surface area contributed by atoms with Crippen LogP contribution in [0.15, 0.2) is 48.6 Å². The number of aliphatic hydroxyl groups is 1. The molecule has 0 saturated carbocycles. The third kappa shape index (κ3) is 44.5. The van der Waals surface area contributed by atoms with Gasteiger partial charge in [0.1, 0.15) is 13.2 Å². The first kappa shape index (κ1) is 58.5. The van der Waals surface area contributed by atoms with Gasteiger partial charge in [-0.05, 0) is 64.2 Å². The first-order valence-electron chi connectivity index (χ1n) is 25.0. The van der Waals surface area contributed by atoms with E-state index in [1.54, 1.807) is 6.08 Å². The summed E-state index contributed by atoms with van der Waals surface area (Å²) in [5.74, 6) is -0.189. The molecule has 0 aromatic carbocycles. The minimum Gasteiger partial charge on any atom is -0.387 e. The zero-order valence-electron chi connectivity index (χ0n) is 39.9. The molecule has 0 bridgehead atoms. The molecule has 0 heterocycles. The molecule has 0 aromatic heterocycles. The molecule has 0 radical (unpaired) electrons. The molecule has 8 nitrogen and oxygen atoms in total. The Morgan fingerprint density at radius 1 is 0.567 bits per heavy atom. The number of phosphoric ester groups is 1. The number of aliphatic hydroxyl groups excluding tert-OH is 1. The molecule has 1 amide bonds. The van der Waals surface area contributed by atoms with Crippen molar-refractivity contribution in [2.24, 2.45) is 0 Å². The van der Waals surface area contributed by atoms with E-state index < -0.39 is 20.0 Å². The fraction of sp³-hybridized carbons (Fsp3) is 0.824. The Hall–Kier alpha value is -1.54. The summed E-state index contributed by atoms with van der Waals surface area (Å²) in [6, 6.07) is -0.861. The lowest BCUT2D eigenvalue weighted by Gasteiger charge is -2.25. The average Bonchev–Trinajstić information content (AvgIpc) is 3.20. The molecule has 3 atom stereocenters. The highest BCUT2D eigenvalue weighted by Crippen LogP contribution is 2.43. The van der Waals surface area contributed by atoms with Crippen molar-refractivity contribution in [2.75, 3.05) is 40.9 Å². The first-order valence-corrected chi connectivity index (χ1v) is 26.5. The molecule has 3 unspecified atom stereocenters. The maximum Gasteiger partial charge on any atom is 0.472 e. The van der Waals surface area contributed by atoms with Crippen LogP contribution in [0.3, 0.4) is 0 Å². The predicted octanol–water partition coefficient (Wildman–Crippen LogP) is 14.4. The zero-order valence-corrected chi connectivity index (χ0v) is 40.8. The van der Waals surface area contributed by atoms with E-state index in [0.717, 1.165) is 44.9 Å². The molecule has 0 aliphatic rings. The van der Waals surface area contributed by atoms with Gasteiger partial charge in [0.25, 0.3) is 0 Å². The van der Waals surface area contributed by atoms with E-state index in [4.69, 9.17) is 9.05 Å². The third-order valence-corrected chi connectivity index (χ3v) is 12.0. The van der Waals surface area contributed by atoms with Crippen LogP contribution in [0.25, 0.3) is 0 Å². The van der Waals surface area contributed by atoms with Crippen LogP contribution in [-0.2, 0) is 18.4 Å². The highest BCUT2D eigenvalue weighted by molar-refractivity contribution is 7.47. The van der Waals surface area contributed by atoms with Crippen LogP contribution in [0.1, 0.15) is 219 Å². The summed E-state index contributed by atoms with van der Waals surface area (Å²) in [5.41, 5.74) is 0. The van der Waals surface area contributed by atoms with Gasteiger partial charge in [-0.25, -0.2) is 4.57 Å². The molecule has 0 fully saturated rings. The Bertz CT molecular complexity index is 1120. The van der Waals surface area contributed by atoms with Gasteiger partial charge in [0.2, 0.25) is 5.91 Å². The maximum atomic E-state index is 12.9. The van der Waals surface area contributed by atoms with Crippen LogP contribution in [0, 0.1) is 0 Å². The van der Waals surface area contributed by atoms with Crippen molar-refractivity contribution in [2.45, 2.75) is 231 Å². The number of likely N-dealkylation sites (N-methyl/N-ethyl adjacent to an activating group) is 1. The number of unbranched alkanes of at least 4 members (excludes halogenated alkanes) is 26.